The fraction of sp³-hybridized carbons (Fsp3) is 0.704. The maximum absolute atomic E-state index is 14.4. The van der Waals surface area contributed by atoms with Crippen LogP contribution in [0.2, 0.25) is 0 Å². The van der Waals surface area contributed by atoms with Crippen LogP contribution in [0.3, 0.4) is 0 Å². The molecule has 56 nitrogen and oxygen atoms in total. The van der Waals surface area contributed by atoms with Crippen molar-refractivity contribution in [3.8, 4) is 0 Å². The third kappa shape index (κ3) is 39.1. The van der Waals surface area contributed by atoms with Crippen molar-refractivity contribution in [2.75, 3.05) is 51.5 Å². The van der Waals surface area contributed by atoms with E-state index in [9.17, 15) is 161 Å². The molecule has 0 radical (unpaired) electrons. The molecule has 0 aromatic rings. The van der Waals surface area contributed by atoms with E-state index in [0.717, 1.165) is 44.4 Å². The van der Waals surface area contributed by atoms with Gasteiger partial charge in [-0.15, -0.1) is 0 Å². The minimum Gasteiger partial charge on any atom is -0.481 e. The molecule has 0 spiro atoms. The molecular formula is C81H135N23O33S. The number of primary amides is 3. The molecule has 0 unspecified atom stereocenters. The summed E-state index contributed by atoms with van der Waals surface area (Å²) in [7, 11) is 0. The molecule has 0 aromatic carbocycles. The highest BCUT2D eigenvalue weighted by Crippen LogP contribution is 2.25. The number of carbonyl (C=O) groups is 24. The molecular weight excluding hydrogens is 1860 g/mol. The first kappa shape index (κ1) is 121. The summed E-state index contributed by atoms with van der Waals surface area (Å²) in [5.41, 5.74) is 21.5. The van der Waals surface area contributed by atoms with E-state index in [1.807, 2.05) is 0 Å². The number of nitrogens with zero attached hydrogens (tertiary/aromatic N) is 2. The lowest BCUT2D eigenvalue weighted by Gasteiger charge is -2.33. The third-order valence-electron chi connectivity index (χ3n) is 21.9. The Hall–Kier alpha value is -12.7. The normalized spacial score (nSPS) is 18.3. The molecule has 22 amide bonds. The molecule has 2 heterocycles. The standard InChI is InChI=1S/C81H135N23O33S/c1-14-34(6)58(80(135)104-23-15-17-49(104)72(127)88-36(8)63(118)95-48(31-107)81(136)137)98-68(123)42(19-20-51(83)112)89-70(125)46(29-105)94-77(132)61(39(11)110)102-78(133)62(40(12)111)101-74(129)56(32(2)3)96-64(119)35(7)87-54(115)28-86-66(121)45(27-55(116)117)92-76(131)60(38(10)109)100-73(128)50-18-16-22-103(50)79(134)57(33(4)5)97-71(126)47(30-106)93-67(122)43(21-24-138-13)90-69(124)44(26-53(85)114)91-75(130)59(37(9)108)99-65(120)41(82)25-52(84)113/h32-50,56-62,105-111H,14-31,82H2,1-13H3,(H2,83,112)(H2,84,113)(H2,85,114)(H,86,121)(H,87,115)(H,88,127)(H,89,125)(H,90,124)(H,91,130)(H,92,131)(H,93,122)(H,94,132)(H,95,118)(H,96,119)(H,97,126)(H,98,123)(H,99,120)(H,100,128)(H,101,129)(H,102,133)(H,116,117)(H,136,137)/t34-,35-,36-,37+,38+,39+,40+,41-,42-,43-,44-,45-,46-,47-,48-,49-,50-,56-,57-,58-,59-,60-,61-,62-/m0/s1. The first-order chi connectivity index (χ1) is 64.3. The first-order valence-electron chi connectivity index (χ1n) is 44.2. The van der Waals surface area contributed by atoms with Crippen LogP contribution in [0.15, 0.2) is 0 Å². The number of likely N-dealkylation sites (tertiary alicyclic amines) is 2. The van der Waals surface area contributed by atoms with E-state index in [0.29, 0.717) is 0 Å². The molecule has 34 N–H and O–H groups in total. The second-order valence-corrected chi connectivity index (χ2v) is 35.0. The van der Waals surface area contributed by atoms with Crippen molar-refractivity contribution >= 4 is 154 Å². The van der Waals surface area contributed by atoms with Crippen LogP contribution in [0.25, 0.3) is 0 Å². The van der Waals surface area contributed by atoms with Crippen LogP contribution in [0, 0.1) is 17.8 Å². The Morgan fingerprint density at radius 1 is 0.362 bits per heavy atom. The predicted molar refractivity (Wildman–Crippen MR) is 479 cm³/mol. The van der Waals surface area contributed by atoms with Gasteiger partial charge in [-0.25, -0.2) is 4.79 Å². The average molecular weight is 1990 g/mol. The van der Waals surface area contributed by atoms with Crippen molar-refractivity contribution < 1.29 is 161 Å². The molecule has 2 aliphatic heterocycles. The number of carboxylic acids is 2. The smallest absolute Gasteiger partial charge is 0.328 e. The molecule has 2 saturated heterocycles. The number of nitrogens with two attached hydrogens (primary N) is 4. The number of carboxylic acid groups (broad SMARTS) is 2. The van der Waals surface area contributed by atoms with Gasteiger partial charge in [-0.2, -0.15) is 11.8 Å². The van der Waals surface area contributed by atoms with Crippen LogP contribution < -0.4 is 113 Å². The number of aliphatic hydroxyl groups is 7. The van der Waals surface area contributed by atoms with Gasteiger partial charge in [-0.05, 0) is 110 Å². The van der Waals surface area contributed by atoms with Crippen molar-refractivity contribution in [3.63, 3.8) is 0 Å². The van der Waals surface area contributed by atoms with E-state index < -0.39 is 357 Å². The largest absolute Gasteiger partial charge is 0.481 e. The second-order valence-electron chi connectivity index (χ2n) is 34.0. The zero-order chi connectivity index (χ0) is 105. The van der Waals surface area contributed by atoms with Crippen LogP contribution in [-0.4, -0.2) is 388 Å². The second kappa shape index (κ2) is 58.8. The monoisotopic (exact) mass is 1990 g/mol. The highest BCUT2D eigenvalue weighted by molar-refractivity contribution is 7.98. The molecule has 0 bridgehead atoms. The Morgan fingerprint density at radius 2 is 0.703 bits per heavy atom. The Balaban J connectivity index is 2.23. The van der Waals surface area contributed by atoms with Crippen LogP contribution in [0.1, 0.15) is 154 Å². The van der Waals surface area contributed by atoms with Crippen molar-refractivity contribution in [1.82, 2.24) is 100 Å². The van der Waals surface area contributed by atoms with Gasteiger partial charge in [-0.1, -0.05) is 48.0 Å². The lowest BCUT2D eigenvalue weighted by Crippen LogP contribution is -2.64. The maximum Gasteiger partial charge on any atom is 0.328 e. The predicted octanol–water partition coefficient (Wildman–Crippen LogP) is -15.6. The number of carbonyl (C=O) groups excluding carboxylic acids is 22. The number of nitrogens with one attached hydrogen (secondary N) is 17. The van der Waals surface area contributed by atoms with Crippen LogP contribution >= 0.6 is 11.8 Å². The zero-order valence-corrected chi connectivity index (χ0v) is 79.5. The van der Waals surface area contributed by atoms with E-state index in [-0.39, 0.29) is 57.4 Å². The van der Waals surface area contributed by atoms with Crippen molar-refractivity contribution in [3.05, 3.63) is 0 Å². The van der Waals surface area contributed by atoms with Gasteiger partial charge in [-0.3, -0.25) is 110 Å². The van der Waals surface area contributed by atoms with Gasteiger partial charge in [0.15, 0.2) is 0 Å². The van der Waals surface area contributed by atoms with Crippen molar-refractivity contribution in [1.29, 1.82) is 0 Å². The number of thioether (sulfide) groups is 1. The van der Waals surface area contributed by atoms with Crippen LogP contribution in [0.5, 0.6) is 0 Å². The number of hydrogen-bond donors (Lipinski definition) is 30. The van der Waals surface area contributed by atoms with Crippen LogP contribution in [0.4, 0.5) is 0 Å². The van der Waals surface area contributed by atoms with E-state index in [4.69, 9.17) is 22.9 Å². The van der Waals surface area contributed by atoms with Gasteiger partial charge in [0, 0.05) is 19.5 Å². The summed E-state index contributed by atoms with van der Waals surface area (Å²) >= 11 is 1.19. The molecule has 0 aromatic heterocycles. The Labute approximate surface area is 796 Å². The molecule has 0 saturated carbocycles. The molecule has 0 aliphatic carbocycles. The molecule has 138 heavy (non-hydrogen) atoms. The Bertz CT molecular complexity index is 4340. The molecule has 2 fully saturated rings. The quantitative estimate of drug-likeness (QED) is 0.0269. The summed E-state index contributed by atoms with van der Waals surface area (Å²) in [6, 6.07) is -32.7. The summed E-state index contributed by atoms with van der Waals surface area (Å²) in [5.74, 6) is -30.5. The van der Waals surface area contributed by atoms with Gasteiger partial charge in [0.05, 0.1) is 76.1 Å². The van der Waals surface area contributed by atoms with E-state index in [2.05, 4.69) is 90.4 Å². The summed E-state index contributed by atoms with van der Waals surface area (Å²) in [4.78, 5) is 323. The summed E-state index contributed by atoms with van der Waals surface area (Å²) in [6.07, 6.45) is -9.09. The van der Waals surface area contributed by atoms with Crippen molar-refractivity contribution in [2.24, 2.45) is 40.7 Å². The third-order valence-corrected chi connectivity index (χ3v) is 22.6. The summed E-state index contributed by atoms with van der Waals surface area (Å²) in [5, 5.41) is 130. The molecule has 778 valence electrons. The van der Waals surface area contributed by atoms with Gasteiger partial charge in [0.25, 0.3) is 0 Å². The topological polar surface area (TPSA) is 907 Å². The minimum absolute atomic E-state index is 0.0190. The maximum atomic E-state index is 14.4. The Morgan fingerprint density at radius 3 is 1.13 bits per heavy atom. The fourth-order valence-corrected chi connectivity index (χ4v) is 14.2. The fourth-order valence-electron chi connectivity index (χ4n) is 13.8. The van der Waals surface area contributed by atoms with Gasteiger partial charge in [0.2, 0.25) is 130 Å². The number of aliphatic carboxylic acids is 2. The van der Waals surface area contributed by atoms with Crippen LogP contribution in [-0.2, 0) is 115 Å². The van der Waals surface area contributed by atoms with E-state index in [1.165, 1.54) is 46.4 Å². The SMILES string of the molecule is CC[C@H](C)[C@H](NC(=O)[C@H](CCC(N)=O)NC(=O)[C@H](CO)NC(=O)[C@@H](NC(=O)[C@@H](NC(=O)[C@@H](NC(=O)[C@H](C)NC(=O)CNC(=O)[C@H](CC(=O)O)NC(=O)[C@@H](NC(=O)[C@@H]1CCCN1C(=O)[C@@H](NC(=O)[C@H](CO)NC(=O)[C@H](CCSC)NC(=O)[C@H](CC(N)=O)NC(=O)[C@@H](NC(=O)[C@@H](N)CC(N)=O)[C@@H](C)O)C(C)C)[C@@H](C)O)C(C)C)[C@@H](C)O)[C@@H](C)O)C(=O)N1CCC[C@H]1C(=O)N[C@@H](C)C(=O)N[C@@H](CO)C(=O)O. The van der Waals surface area contributed by atoms with E-state index in [1.54, 1.807) is 20.1 Å². The number of aliphatic hydroxyl groups excluding tert-OH is 7. The molecule has 2 rings (SSSR count). The lowest BCUT2D eigenvalue weighted by molar-refractivity contribution is -0.144. The van der Waals surface area contributed by atoms with Crippen molar-refractivity contribution in [2.45, 2.75) is 293 Å². The highest BCUT2D eigenvalue weighted by Gasteiger charge is 2.46. The molecule has 2 aliphatic rings. The first-order valence-corrected chi connectivity index (χ1v) is 45.6. The lowest BCUT2D eigenvalue weighted by atomic mass is 9.96. The van der Waals surface area contributed by atoms with Gasteiger partial charge < -0.3 is 169 Å². The van der Waals surface area contributed by atoms with Gasteiger partial charge in [0.1, 0.15) is 109 Å². The van der Waals surface area contributed by atoms with Gasteiger partial charge >= 0.3 is 11.9 Å². The molecule has 24 atom stereocenters. The summed E-state index contributed by atoms with van der Waals surface area (Å²) in [6.45, 7) is 10.8. The number of hydrogen-bond acceptors (Lipinski definition) is 33. The van der Waals surface area contributed by atoms with E-state index >= 15 is 0 Å². The summed E-state index contributed by atoms with van der Waals surface area (Å²) < 4.78 is 0. The zero-order valence-electron chi connectivity index (χ0n) is 78.7. The highest BCUT2D eigenvalue weighted by atomic mass is 32.2. The number of amides is 22. The number of rotatable bonds is 60. The molecule has 57 heteroatoms. The Kier molecular flexibility index (Phi) is 51.7. The minimum atomic E-state index is -2.09. The average Bonchev–Trinajstić information content (AvgIpc) is 1.67.